The number of benzene rings is 1. The molecule has 2 aromatic rings. The van der Waals surface area contributed by atoms with E-state index < -0.39 is 20.8 Å². The molecule has 7 heteroatoms. The van der Waals surface area contributed by atoms with Gasteiger partial charge in [0.2, 0.25) is 10.0 Å². The summed E-state index contributed by atoms with van der Waals surface area (Å²) in [5.41, 5.74) is 1.00. The molecule has 0 aliphatic rings. The number of hydrogen-bond donors (Lipinski definition) is 1. The lowest BCUT2D eigenvalue weighted by Gasteiger charge is -2.00. The zero-order chi connectivity index (χ0) is 13.3. The molecule has 1 heterocycles. The van der Waals surface area contributed by atoms with Gasteiger partial charge in [-0.3, -0.25) is 0 Å². The highest BCUT2D eigenvalue weighted by molar-refractivity contribution is 7.92. The van der Waals surface area contributed by atoms with E-state index in [2.05, 4.69) is 0 Å². The van der Waals surface area contributed by atoms with Gasteiger partial charge < -0.3 is 0 Å². The minimum absolute atomic E-state index is 0.0264. The first-order valence-corrected chi connectivity index (χ1v) is 8.50. The van der Waals surface area contributed by atoms with Crippen LogP contribution in [-0.4, -0.2) is 12.6 Å². The average molecular weight is 301 g/mol. The predicted molar refractivity (Wildman–Crippen MR) is 71.5 cm³/mol. The Morgan fingerprint density at radius 1 is 1.22 bits per heavy atom. The number of thiophene rings is 1. The predicted octanol–water partition coefficient (Wildman–Crippen LogP) is 1.87. The molecule has 0 radical (unpaired) electrons. The SMILES string of the molecule is Cc1cccc(S(=O)c2ccc(S(N)(=O)=O)s2)c1. The standard InChI is InChI=1S/C11H11NO3S3/c1-8-3-2-4-9(7-8)17(13)10-5-6-11(16-10)18(12,14)15/h2-7H,1H3,(H2,12,14,15). The summed E-state index contributed by atoms with van der Waals surface area (Å²) in [6.45, 7) is 1.91. The van der Waals surface area contributed by atoms with Gasteiger partial charge in [0, 0.05) is 4.90 Å². The molecule has 4 nitrogen and oxygen atoms in total. The van der Waals surface area contributed by atoms with Crippen molar-refractivity contribution in [2.45, 2.75) is 20.2 Å². The second-order valence-electron chi connectivity index (χ2n) is 3.70. The zero-order valence-electron chi connectivity index (χ0n) is 9.49. The number of primary sulfonamides is 1. The Labute approximate surface area is 112 Å². The summed E-state index contributed by atoms with van der Waals surface area (Å²) in [5, 5.41) is 5.02. The van der Waals surface area contributed by atoms with Crippen molar-refractivity contribution in [3.05, 3.63) is 42.0 Å². The molecule has 2 N–H and O–H groups in total. The third-order valence-corrected chi connectivity index (χ3v) is 6.43. The van der Waals surface area contributed by atoms with Gasteiger partial charge in [-0.1, -0.05) is 12.1 Å². The van der Waals surface area contributed by atoms with Crippen LogP contribution in [0.25, 0.3) is 0 Å². The Kier molecular flexibility index (Phi) is 3.67. The van der Waals surface area contributed by atoms with Crippen LogP contribution in [0, 0.1) is 6.92 Å². The van der Waals surface area contributed by atoms with Crippen molar-refractivity contribution in [1.82, 2.24) is 0 Å². The fourth-order valence-electron chi connectivity index (χ4n) is 1.40. The first-order chi connectivity index (χ1) is 8.38. The molecule has 18 heavy (non-hydrogen) atoms. The maximum atomic E-state index is 12.2. The number of nitrogens with two attached hydrogens (primary N) is 1. The van der Waals surface area contributed by atoms with E-state index in [-0.39, 0.29) is 4.21 Å². The molecule has 1 aromatic carbocycles. The first-order valence-electron chi connectivity index (χ1n) is 4.99. The summed E-state index contributed by atoms with van der Waals surface area (Å²) in [4.78, 5) is 0.651. The second-order valence-corrected chi connectivity index (χ2v) is 8.28. The zero-order valence-corrected chi connectivity index (χ0v) is 11.9. The fourth-order valence-corrected chi connectivity index (χ4v) is 4.80. The summed E-state index contributed by atoms with van der Waals surface area (Å²) < 4.78 is 35.0. The minimum atomic E-state index is -3.72. The summed E-state index contributed by atoms with van der Waals surface area (Å²) in [6.07, 6.45) is 0. The largest absolute Gasteiger partial charge is 0.248 e. The molecule has 96 valence electrons. The van der Waals surface area contributed by atoms with E-state index in [9.17, 15) is 12.6 Å². The van der Waals surface area contributed by atoms with Crippen LogP contribution in [0.1, 0.15) is 5.56 Å². The van der Waals surface area contributed by atoms with Gasteiger partial charge in [-0.25, -0.2) is 17.8 Å². The molecule has 0 saturated carbocycles. The lowest BCUT2D eigenvalue weighted by atomic mass is 10.2. The second kappa shape index (κ2) is 4.93. The topological polar surface area (TPSA) is 77.2 Å². The average Bonchev–Trinajstić information content (AvgIpc) is 2.77. The molecule has 0 aliphatic carbocycles. The molecule has 1 unspecified atom stereocenters. The monoisotopic (exact) mass is 301 g/mol. The number of hydrogen-bond acceptors (Lipinski definition) is 4. The van der Waals surface area contributed by atoms with Gasteiger partial charge in [0.1, 0.15) is 4.21 Å². The van der Waals surface area contributed by atoms with E-state index in [1.54, 1.807) is 6.07 Å². The molecule has 0 saturated heterocycles. The van der Waals surface area contributed by atoms with Gasteiger partial charge in [-0.05, 0) is 36.8 Å². The Morgan fingerprint density at radius 2 is 1.94 bits per heavy atom. The quantitative estimate of drug-likeness (QED) is 0.940. The smallest absolute Gasteiger partial charge is 0.247 e. The van der Waals surface area contributed by atoms with Crippen LogP contribution in [-0.2, 0) is 20.8 Å². The van der Waals surface area contributed by atoms with E-state index in [0.717, 1.165) is 16.9 Å². The molecule has 1 aromatic heterocycles. The molecule has 0 fully saturated rings. The van der Waals surface area contributed by atoms with Gasteiger partial charge in [0.15, 0.2) is 0 Å². The van der Waals surface area contributed by atoms with E-state index in [0.29, 0.717) is 9.10 Å². The van der Waals surface area contributed by atoms with Crippen molar-refractivity contribution in [2.75, 3.05) is 0 Å². The van der Waals surface area contributed by atoms with Gasteiger partial charge in [0.25, 0.3) is 0 Å². The fraction of sp³-hybridized carbons (Fsp3) is 0.0909. The van der Waals surface area contributed by atoms with Crippen LogP contribution in [0.4, 0.5) is 0 Å². The summed E-state index contributed by atoms with van der Waals surface area (Å²) in [5.74, 6) is 0. The maximum absolute atomic E-state index is 12.2. The molecule has 0 amide bonds. The van der Waals surface area contributed by atoms with Crippen LogP contribution in [0.15, 0.2) is 49.7 Å². The molecule has 0 bridgehead atoms. The first kappa shape index (κ1) is 13.4. The lowest BCUT2D eigenvalue weighted by Crippen LogP contribution is -2.09. The maximum Gasteiger partial charge on any atom is 0.247 e. The van der Waals surface area contributed by atoms with E-state index in [1.165, 1.54) is 12.1 Å². The normalized spacial score (nSPS) is 13.4. The van der Waals surface area contributed by atoms with Crippen molar-refractivity contribution in [2.24, 2.45) is 5.14 Å². The van der Waals surface area contributed by atoms with Crippen LogP contribution >= 0.6 is 11.3 Å². The third-order valence-electron chi connectivity index (χ3n) is 2.22. The van der Waals surface area contributed by atoms with Crippen LogP contribution in [0.5, 0.6) is 0 Å². The van der Waals surface area contributed by atoms with Crippen molar-refractivity contribution in [3.8, 4) is 0 Å². The highest BCUT2D eigenvalue weighted by atomic mass is 32.3. The number of aryl methyl sites for hydroxylation is 1. The van der Waals surface area contributed by atoms with E-state index in [4.69, 9.17) is 5.14 Å². The van der Waals surface area contributed by atoms with Crippen molar-refractivity contribution >= 4 is 32.2 Å². The Morgan fingerprint density at radius 3 is 2.50 bits per heavy atom. The van der Waals surface area contributed by atoms with Gasteiger partial charge in [-0.2, -0.15) is 0 Å². The van der Waals surface area contributed by atoms with E-state index in [1.807, 2.05) is 25.1 Å². The lowest BCUT2D eigenvalue weighted by molar-refractivity contribution is 0.600. The highest BCUT2D eigenvalue weighted by Crippen LogP contribution is 2.27. The Hall–Kier alpha value is -1.02. The summed E-state index contributed by atoms with van der Waals surface area (Å²) in [6, 6.07) is 10.2. The molecule has 0 spiro atoms. The summed E-state index contributed by atoms with van der Waals surface area (Å²) in [7, 11) is -5.09. The molecule has 1 atom stereocenters. The molecular weight excluding hydrogens is 290 g/mol. The highest BCUT2D eigenvalue weighted by Gasteiger charge is 2.15. The molecule has 0 aliphatic heterocycles. The van der Waals surface area contributed by atoms with Crippen LogP contribution in [0.3, 0.4) is 0 Å². The number of sulfonamides is 1. The Bertz CT molecular complexity index is 704. The van der Waals surface area contributed by atoms with Crippen molar-refractivity contribution in [3.63, 3.8) is 0 Å². The summed E-state index contributed by atoms with van der Waals surface area (Å²) >= 11 is 0.935. The van der Waals surface area contributed by atoms with Crippen LogP contribution in [0.2, 0.25) is 0 Å². The minimum Gasteiger partial charge on any atom is -0.248 e. The van der Waals surface area contributed by atoms with Gasteiger partial charge in [-0.15, -0.1) is 11.3 Å². The molecule has 2 rings (SSSR count). The van der Waals surface area contributed by atoms with Crippen molar-refractivity contribution < 1.29 is 12.6 Å². The molecular formula is C11H11NO3S3. The van der Waals surface area contributed by atoms with Crippen molar-refractivity contribution in [1.29, 1.82) is 0 Å². The van der Waals surface area contributed by atoms with E-state index >= 15 is 0 Å². The Balaban J connectivity index is 2.38. The van der Waals surface area contributed by atoms with Crippen LogP contribution < -0.4 is 5.14 Å². The van der Waals surface area contributed by atoms with Gasteiger partial charge in [0.05, 0.1) is 15.0 Å². The van der Waals surface area contributed by atoms with Gasteiger partial charge >= 0.3 is 0 Å². The number of rotatable bonds is 3. The third kappa shape index (κ3) is 2.86.